The molecular formula is C16H17N5O2. The van der Waals surface area contributed by atoms with Gasteiger partial charge in [0.2, 0.25) is 0 Å². The Bertz CT molecular complexity index is 878. The Balaban J connectivity index is 1.59. The number of aromatic amines is 2. The summed E-state index contributed by atoms with van der Waals surface area (Å²) >= 11 is 0. The van der Waals surface area contributed by atoms with Crippen LogP contribution < -0.4 is 5.56 Å². The van der Waals surface area contributed by atoms with E-state index in [4.69, 9.17) is 4.42 Å². The first-order valence-corrected chi connectivity index (χ1v) is 7.58. The van der Waals surface area contributed by atoms with Crippen LogP contribution in [0.4, 0.5) is 0 Å². The molecule has 4 heterocycles. The summed E-state index contributed by atoms with van der Waals surface area (Å²) in [4.78, 5) is 29.5. The lowest BCUT2D eigenvalue weighted by Crippen LogP contribution is -2.35. The number of imidazole rings is 1. The van der Waals surface area contributed by atoms with Crippen LogP contribution in [-0.2, 0) is 19.5 Å². The molecule has 0 unspecified atom stereocenters. The smallest absolute Gasteiger partial charge is 0.256 e. The van der Waals surface area contributed by atoms with Crippen molar-refractivity contribution in [1.82, 2.24) is 24.8 Å². The first-order chi connectivity index (χ1) is 11.2. The maximum absolute atomic E-state index is 12.4. The van der Waals surface area contributed by atoms with Crippen molar-refractivity contribution in [3.8, 4) is 11.6 Å². The van der Waals surface area contributed by atoms with Crippen LogP contribution in [0.1, 0.15) is 22.8 Å². The number of fused-ring (bicyclic) bond motifs is 1. The number of rotatable bonds is 3. The number of furan rings is 1. The zero-order chi connectivity index (χ0) is 15.8. The monoisotopic (exact) mass is 311 g/mol. The molecule has 4 rings (SSSR count). The summed E-state index contributed by atoms with van der Waals surface area (Å²) in [6.45, 7) is 4.11. The summed E-state index contributed by atoms with van der Waals surface area (Å²) in [6, 6.07) is 3.57. The molecule has 0 aliphatic carbocycles. The first kappa shape index (κ1) is 14.0. The number of nitrogens with zero attached hydrogens (tertiary/aromatic N) is 3. The molecule has 0 atom stereocenters. The van der Waals surface area contributed by atoms with Crippen molar-refractivity contribution in [2.45, 2.75) is 26.4 Å². The third-order valence-corrected chi connectivity index (χ3v) is 4.03. The number of nitrogens with one attached hydrogen (secondary N) is 2. The van der Waals surface area contributed by atoms with Gasteiger partial charge in [-0.3, -0.25) is 9.69 Å². The summed E-state index contributed by atoms with van der Waals surface area (Å²) in [5, 5.41) is 0. The van der Waals surface area contributed by atoms with Crippen molar-refractivity contribution in [2.24, 2.45) is 0 Å². The fourth-order valence-corrected chi connectivity index (χ4v) is 2.90. The SMILES string of the molecule is Cc1cnc(CN2CCc3nc(-c4ccco4)[nH]c(=O)c3C2)[nH]1. The van der Waals surface area contributed by atoms with Crippen molar-refractivity contribution < 1.29 is 4.42 Å². The average molecular weight is 311 g/mol. The largest absolute Gasteiger partial charge is 0.461 e. The predicted molar refractivity (Wildman–Crippen MR) is 83.7 cm³/mol. The second kappa shape index (κ2) is 5.51. The number of aromatic nitrogens is 4. The van der Waals surface area contributed by atoms with Crippen LogP contribution in [0.25, 0.3) is 11.6 Å². The number of hydrogen-bond acceptors (Lipinski definition) is 5. The molecule has 0 aromatic carbocycles. The summed E-state index contributed by atoms with van der Waals surface area (Å²) in [6.07, 6.45) is 4.13. The molecule has 3 aromatic heterocycles. The minimum atomic E-state index is -0.0956. The number of H-pyrrole nitrogens is 2. The van der Waals surface area contributed by atoms with Gasteiger partial charge in [-0.25, -0.2) is 9.97 Å². The molecule has 1 aliphatic heterocycles. The fraction of sp³-hybridized carbons (Fsp3) is 0.312. The Hall–Kier alpha value is -2.67. The molecule has 0 saturated carbocycles. The third-order valence-electron chi connectivity index (χ3n) is 4.03. The van der Waals surface area contributed by atoms with Gasteiger partial charge in [0.05, 0.1) is 24.1 Å². The summed E-state index contributed by atoms with van der Waals surface area (Å²) in [5.74, 6) is 2.00. The van der Waals surface area contributed by atoms with E-state index < -0.39 is 0 Å². The molecule has 0 fully saturated rings. The van der Waals surface area contributed by atoms with Gasteiger partial charge in [-0.2, -0.15) is 0 Å². The van der Waals surface area contributed by atoms with Gasteiger partial charge in [0, 0.05) is 31.4 Å². The van der Waals surface area contributed by atoms with E-state index in [1.165, 1.54) is 0 Å². The van der Waals surface area contributed by atoms with Gasteiger partial charge in [-0.15, -0.1) is 0 Å². The molecule has 7 nitrogen and oxygen atoms in total. The van der Waals surface area contributed by atoms with Gasteiger partial charge < -0.3 is 14.4 Å². The van der Waals surface area contributed by atoms with Gasteiger partial charge in [-0.1, -0.05) is 0 Å². The van der Waals surface area contributed by atoms with E-state index in [1.807, 2.05) is 13.1 Å². The maximum atomic E-state index is 12.4. The molecule has 0 spiro atoms. The van der Waals surface area contributed by atoms with Crippen LogP contribution in [0.15, 0.2) is 33.8 Å². The average Bonchev–Trinajstić information content (AvgIpc) is 3.20. The van der Waals surface area contributed by atoms with Crippen LogP contribution >= 0.6 is 0 Å². The third kappa shape index (κ3) is 2.70. The van der Waals surface area contributed by atoms with Crippen LogP contribution in [0, 0.1) is 6.92 Å². The molecule has 0 radical (unpaired) electrons. The lowest BCUT2D eigenvalue weighted by molar-refractivity contribution is 0.236. The van der Waals surface area contributed by atoms with Gasteiger partial charge in [0.15, 0.2) is 11.6 Å². The molecule has 3 aromatic rings. The standard InChI is InChI=1S/C16H17N5O2/c1-10-7-17-14(18-10)9-21-5-4-12-11(8-21)16(22)20-15(19-12)13-3-2-6-23-13/h2-3,6-7H,4-5,8-9H2,1H3,(H,17,18)(H,19,20,22). The van der Waals surface area contributed by atoms with Gasteiger partial charge in [0.1, 0.15) is 5.82 Å². The normalized spacial score (nSPS) is 14.8. The molecule has 0 bridgehead atoms. The molecular weight excluding hydrogens is 294 g/mol. The Labute approximate surface area is 132 Å². The van der Waals surface area contributed by atoms with E-state index in [-0.39, 0.29) is 5.56 Å². The van der Waals surface area contributed by atoms with E-state index >= 15 is 0 Å². The lowest BCUT2D eigenvalue weighted by atomic mass is 10.1. The van der Waals surface area contributed by atoms with Crippen LogP contribution in [0.3, 0.4) is 0 Å². The summed E-state index contributed by atoms with van der Waals surface area (Å²) in [5.41, 5.74) is 2.53. The Morgan fingerprint density at radius 2 is 2.30 bits per heavy atom. The van der Waals surface area contributed by atoms with E-state index in [0.29, 0.717) is 24.7 Å². The highest BCUT2D eigenvalue weighted by molar-refractivity contribution is 5.46. The highest BCUT2D eigenvalue weighted by Gasteiger charge is 2.22. The van der Waals surface area contributed by atoms with E-state index in [1.54, 1.807) is 18.4 Å². The molecule has 23 heavy (non-hydrogen) atoms. The van der Waals surface area contributed by atoms with Gasteiger partial charge in [0.25, 0.3) is 5.56 Å². The quantitative estimate of drug-likeness (QED) is 0.767. The van der Waals surface area contributed by atoms with Crippen LogP contribution in [0.5, 0.6) is 0 Å². The van der Waals surface area contributed by atoms with Crippen molar-refractivity contribution in [3.05, 3.63) is 57.7 Å². The van der Waals surface area contributed by atoms with Crippen molar-refractivity contribution in [1.29, 1.82) is 0 Å². The van der Waals surface area contributed by atoms with E-state index in [2.05, 4.69) is 24.8 Å². The molecule has 1 aliphatic rings. The van der Waals surface area contributed by atoms with Gasteiger partial charge >= 0.3 is 0 Å². The van der Waals surface area contributed by atoms with E-state index in [9.17, 15) is 4.79 Å². The molecule has 0 amide bonds. The predicted octanol–water partition coefficient (Wildman–Crippen LogP) is 1.62. The Morgan fingerprint density at radius 1 is 1.39 bits per heavy atom. The lowest BCUT2D eigenvalue weighted by Gasteiger charge is -2.26. The van der Waals surface area contributed by atoms with Crippen molar-refractivity contribution in [2.75, 3.05) is 6.54 Å². The molecule has 0 saturated heterocycles. The van der Waals surface area contributed by atoms with Crippen LogP contribution in [-0.4, -0.2) is 31.4 Å². The van der Waals surface area contributed by atoms with Crippen molar-refractivity contribution >= 4 is 0 Å². The number of aryl methyl sites for hydroxylation is 1. The first-order valence-electron chi connectivity index (χ1n) is 7.58. The zero-order valence-electron chi connectivity index (χ0n) is 12.8. The summed E-state index contributed by atoms with van der Waals surface area (Å²) < 4.78 is 5.31. The zero-order valence-corrected chi connectivity index (χ0v) is 12.8. The fourth-order valence-electron chi connectivity index (χ4n) is 2.90. The number of hydrogen-bond donors (Lipinski definition) is 2. The van der Waals surface area contributed by atoms with Crippen molar-refractivity contribution in [3.63, 3.8) is 0 Å². The molecule has 2 N–H and O–H groups in total. The summed E-state index contributed by atoms with van der Waals surface area (Å²) in [7, 11) is 0. The molecule has 118 valence electrons. The maximum Gasteiger partial charge on any atom is 0.256 e. The minimum absolute atomic E-state index is 0.0956. The molecule has 7 heteroatoms. The topological polar surface area (TPSA) is 90.8 Å². The highest BCUT2D eigenvalue weighted by atomic mass is 16.3. The van der Waals surface area contributed by atoms with Gasteiger partial charge in [-0.05, 0) is 19.1 Å². The van der Waals surface area contributed by atoms with Crippen LogP contribution in [0.2, 0.25) is 0 Å². The second-order valence-electron chi connectivity index (χ2n) is 5.79. The Morgan fingerprint density at radius 3 is 3.04 bits per heavy atom. The minimum Gasteiger partial charge on any atom is -0.461 e. The second-order valence-corrected chi connectivity index (χ2v) is 5.79. The Kier molecular flexibility index (Phi) is 3.34. The van der Waals surface area contributed by atoms with E-state index in [0.717, 1.165) is 35.7 Å². The highest BCUT2D eigenvalue weighted by Crippen LogP contribution is 2.19.